The Hall–Kier alpha value is 2.42. The van der Waals surface area contributed by atoms with E-state index in [4.69, 9.17) is -0.0232 Å². The second-order valence-corrected chi connectivity index (χ2v) is 0. The maximum atomic E-state index is 8.31. The largest absolute Gasteiger partial charge is 0 e. The molecule has 0 amide bonds. The summed E-state index contributed by atoms with van der Waals surface area (Å²) >= 11 is 0.472. The van der Waals surface area contributed by atoms with Crippen molar-refractivity contribution >= 4 is 0 Å². The molecule has 0 saturated carbocycles. The summed E-state index contributed by atoms with van der Waals surface area (Å²) in [6, 6.07) is 0. The van der Waals surface area contributed by atoms with Crippen LogP contribution in [0, 0.1) is 47.2 Å². The van der Waals surface area contributed by atoms with E-state index in [0.29, 0.717) is 47.2 Å². The van der Waals surface area contributed by atoms with E-state index in [2.05, 4.69) is 0 Å². The summed E-state index contributed by atoms with van der Waals surface area (Å²) in [5, 5.41) is 0. The van der Waals surface area contributed by atoms with E-state index in [0.717, 1.165) is 0 Å². The summed E-state index contributed by atoms with van der Waals surface area (Å²) in [5.74, 6) is 0. The zero-order valence-electron chi connectivity index (χ0n) is 1.77. The minimum Gasteiger partial charge on any atom is 0 e. The van der Waals surface area contributed by atoms with Crippen LogP contribution in [0.15, 0.2) is 0 Å². The monoisotopic (exact) mass is 278 g/mol. The first kappa shape index (κ1) is 16.1. The van der Waals surface area contributed by atoms with Gasteiger partial charge in [0.15, 0.2) is 0 Å². The first-order valence-corrected chi connectivity index (χ1v) is 1.14. The first-order valence-electron chi connectivity index (χ1n) is 0.154. The van der Waals surface area contributed by atoms with Crippen LogP contribution in [0.25, 0.3) is 0 Å². The molecule has 1 nitrogen and oxygen atoms in total. The van der Waals surface area contributed by atoms with Crippen molar-refractivity contribution in [2.24, 2.45) is 0 Å². The number of hydrogen-bond donors (Lipinski definition) is 0. The fraction of sp³-hybridized carbons (Fsp3) is 0. The van der Waals surface area contributed by atoms with Gasteiger partial charge in [-0.25, -0.2) is 0 Å². The quantitative estimate of drug-likeness (QED) is 0.610. The zero-order valence-corrected chi connectivity index (χ0v) is 7.04. The molecule has 0 atom stereocenters. The van der Waals surface area contributed by atoms with Gasteiger partial charge in [0.05, 0.1) is 0 Å². The third-order valence-electron chi connectivity index (χ3n) is 0. The maximum absolute atomic E-state index is 8.31. The van der Waals surface area contributed by atoms with Crippen molar-refractivity contribution in [1.29, 1.82) is 0 Å². The van der Waals surface area contributed by atoms with E-state index in [1.54, 1.807) is 0 Å². The van der Waals surface area contributed by atoms with Gasteiger partial charge in [-0.1, -0.05) is 0 Å². The normalized spacial score (nSPS) is 1.00. The van der Waals surface area contributed by atoms with Crippen molar-refractivity contribution in [3.63, 3.8) is 0 Å². The van der Waals surface area contributed by atoms with Gasteiger partial charge in [0.1, 0.15) is 0 Å². The Balaban J connectivity index is -0.00000000500. The van der Waals surface area contributed by atoms with Gasteiger partial charge in [0, 0.05) is 32.7 Å². The minimum absolute atomic E-state index is 0. The first-order chi connectivity index (χ1) is 1.00. The Labute approximate surface area is 82.3 Å². The third-order valence-corrected chi connectivity index (χ3v) is 0. The topological polar surface area (TPSA) is 17.1 Å². The van der Waals surface area contributed by atoms with Gasteiger partial charge in [-0.05, 0) is 0 Å². The van der Waals surface area contributed by atoms with Crippen LogP contribution in [0.4, 0.5) is 4.70 Å². The van der Waals surface area contributed by atoms with Gasteiger partial charge in [-0.3, -0.25) is 4.70 Å². The van der Waals surface area contributed by atoms with Crippen molar-refractivity contribution in [2.45, 2.75) is 0 Å². The van der Waals surface area contributed by atoms with Crippen molar-refractivity contribution in [3.8, 4) is 0 Å². The van der Waals surface area contributed by atoms with Crippen LogP contribution in [0.3, 0.4) is 0 Å². The molecule has 1 radical (unpaired) electrons. The van der Waals surface area contributed by atoms with Crippen LogP contribution in [0.2, 0.25) is 0 Å². The van der Waals surface area contributed by atoms with Gasteiger partial charge in [0.25, 0.3) is 0 Å². The van der Waals surface area contributed by atoms with E-state index in [-0.39, 0.29) is 37.4 Å². The average Bonchev–Trinajstić information content (AvgIpc) is 1.00. The van der Waals surface area contributed by atoms with E-state index in [1.807, 2.05) is 0 Å². The van der Waals surface area contributed by atoms with Crippen LogP contribution in [-0.4, -0.2) is 0 Å². The maximum Gasteiger partial charge on any atom is 0 e. The summed E-state index contributed by atoms with van der Waals surface area (Å²) in [6.45, 7) is 0. The fourth-order valence-electron chi connectivity index (χ4n) is 0. The van der Waals surface area contributed by atoms with Crippen LogP contribution in [-0.2, 0) is 32.7 Å². The smallest absolute Gasteiger partial charge is 0 e. The van der Waals surface area contributed by atoms with E-state index in [9.17, 15) is 0 Å². The van der Waals surface area contributed by atoms with Gasteiger partial charge < -0.3 is 0 Å². The summed E-state index contributed by atoms with van der Waals surface area (Å²) in [6.07, 6.45) is 0. The predicted molar refractivity (Wildman–Crippen MR) is 3.19 cm³/mol. The van der Waals surface area contributed by atoms with Gasteiger partial charge in [-0.2, -0.15) is 0 Å². The fourth-order valence-corrected chi connectivity index (χ4v) is 0. The molecular formula is HEuFOY. The molecule has 0 aliphatic heterocycles. The van der Waals surface area contributed by atoms with Crippen molar-refractivity contribution < 1.29 is 84.6 Å². The average molecular weight is 277 g/mol. The van der Waals surface area contributed by atoms with Crippen LogP contribution >= 0.6 is 0 Å². The summed E-state index contributed by atoms with van der Waals surface area (Å²) < 4.78 is 8.31. The predicted octanol–water partition coefficient (Wildman–Crippen LogP) is 0.0312. The molecule has 0 N–H and O–H groups in total. The molecular weight excluding hydrogens is 276 g/mol. The molecule has 4 heavy (non-hydrogen) atoms. The van der Waals surface area contributed by atoms with Crippen molar-refractivity contribution in [1.82, 2.24) is 0 Å². The number of rotatable bonds is 0. The summed E-state index contributed by atoms with van der Waals surface area (Å²) in [7, 11) is 0. The number of hydrogen-bond acceptors (Lipinski definition) is 1. The molecule has 0 spiro atoms. The number of halogens is 1. The summed E-state index contributed by atoms with van der Waals surface area (Å²) in [5.41, 5.74) is 0. The molecule has 0 aromatic rings. The Morgan fingerprint density at radius 2 is 1.25 bits per heavy atom. The molecule has 0 rings (SSSR count). The molecule has 0 aromatic heterocycles. The van der Waals surface area contributed by atoms with Crippen LogP contribution in [0.1, 0.15) is 0 Å². The zero-order chi connectivity index (χ0) is 2.00. The van der Waals surface area contributed by atoms with Gasteiger partial charge in [0.2, 0.25) is 0 Å². The molecule has 0 aromatic carbocycles. The van der Waals surface area contributed by atoms with Crippen LogP contribution < -0.4 is 0 Å². The summed E-state index contributed by atoms with van der Waals surface area (Å²) in [4.78, 5) is 0. The molecule has 0 saturated heterocycles. The second kappa shape index (κ2) is 18.1. The SMILES string of the molecule is F.[O]=[Eu].[Y]. The van der Waals surface area contributed by atoms with Crippen molar-refractivity contribution in [3.05, 3.63) is 0 Å². The van der Waals surface area contributed by atoms with Gasteiger partial charge in [-0.15, -0.1) is 0 Å². The molecule has 0 aliphatic rings. The minimum atomic E-state index is 0. The molecule has 24 valence electrons. The Morgan fingerprint density at radius 3 is 1.25 bits per heavy atom. The molecule has 0 fully saturated rings. The Kier molecular flexibility index (Phi) is 72.9. The molecule has 4 heteroatoms. The van der Waals surface area contributed by atoms with Crippen molar-refractivity contribution in [2.75, 3.05) is 0 Å². The second-order valence-electron chi connectivity index (χ2n) is 0. The Morgan fingerprint density at radius 1 is 1.25 bits per heavy atom. The van der Waals surface area contributed by atoms with E-state index in [1.165, 1.54) is 0 Å². The van der Waals surface area contributed by atoms with E-state index >= 15 is 0 Å². The molecule has 0 heterocycles. The van der Waals surface area contributed by atoms with E-state index < -0.39 is 0 Å². The molecule has 0 aliphatic carbocycles. The van der Waals surface area contributed by atoms with Crippen LogP contribution in [0.5, 0.6) is 0 Å². The third kappa shape index (κ3) is 8.83. The Bertz CT molecular complexity index is 8.00. The van der Waals surface area contributed by atoms with Gasteiger partial charge >= 0.3 is 47.2 Å². The molecule has 0 bridgehead atoms. The molecule has 0 unspecified atom stereocenters. The standard InChI is InChI=1S/Eu.FH.O.Y/h;1H;;.